The van der Waals surface area contributed by atoms with Gasteiger partial charge in [0, 0.05) is 12.6 Å². The zero-order valence-electron chi connectivity index (χ0n) is 10.0. The van der Waals surface area contributed by atoms with Gasteiger partial charge in [-0.25, -0.2) is 0 Å². The predicted octanol–water partition coefficient (Wildman–Crippen LogP) is 0.912. The maximum atomic E-state index is 11.8. The largest absolute Gasteiger partial charge is 0.303 e. The van der Waals surface area contributed by atoms with Gasteiger partial charge in [-0.15, -0.1) is 0 Å². The van der Waals surface area contributed by atoms with Crippen LogP contribution in [0.2, 0.25) is 0 Å². The summed E-state index contributed by atoms with van der Waals surface area (Å²) in [4.78, 5) is 24.7. The van der Waals surface area contributed by atoms with E-state index in [0.29, 0.717) is 19.0 Å². The normalized spacial score (nSPS) is 27.6. The van der Waals surface area contributed by atoms with Crippen molar-refractivity contribution in [2.45, 2.75) is 51.6 Å². The third kappa shape index (κ3) is 2.43. The maximum absolute atomic E-state index is 11.8. The van der Waals surface area contributed by atoms with Crippen LogP contribution in [0.25, 0.3) is 0 Å². The zero-order chi connectivity index (χ0) is 11.7. The van der Waals surface area contributed by atoms with E-state index >= 15 is 0 Å². The fourth-order valence-corrected chi connectivity index (χ4v) is 2.41. The molecule has 0 radical (unpaired) electrons. The molecule has 0 aromatic rings. The van der Waals surface area contributed by atoms with Crippen molar-refractivity contribution < 1.29 is 9.59 Å². The number of hydrogen-bond acceptors (Lipinski definition) is 3. The number of nitrogens with one attached hydrogen (secondary N) is 1. The molecule has 2 amide bonds. The molecule has 2 atom stereocenters. The molecule has 2 unspecified atom stereocenters. The molecule has 0 bridgehead atoms. The van der Waals surface area contributed by atoms with Crippen molar-refractivity contribution in [3.8, 4) is 0 Å². The second-order valence-electron chi connectivity index (χ2n) is 4.98. The summed E-state index contributed by atoms with van der Waals surface area (Å²) in [6.45, 7) is 4.43. The van der Waals surface area contributed by atoms with Crippen molar-refractivity contribution in [3.63, 3.8) is 0 Å². The molecule has 0 aromatic carbocycles. The lowest BCUT2D eigenvalue weighted by Gasteiger charge is -2.18. The van der Waals surface area contributed by atoms with Gasteiger partial charge >= 0.3 is 0 Å². The van der Waals surface area contributed by atoms with Crippen LogP contribution in [0.4, 0.5) is 0 Å². The van der Waals surface area contributed by atoms with E-state index in [1.807, 2.05) is 6.92 Å². The van der Waals surface area contributed by atoms with Gasteiger partial charge in [0.05, 0.1) is 12.5 Å². The van der Waals surface area contributed by atoms with Gasteiger partial charge < -0.3 is 5.32 Å². The Labute approximate surface area is 96.4 Å². The molecule has 4 nitrogen and oxygen atoms in total. The number of rotatable bonds is 5. The maximum Gasteiger partial charge on any atom is 0.246 e. The topological polar surface area (TPSA) is 49.4 Å². The van der Waals surface area contributed by atoms with E-state index in [2.05, 4.69) is 12.2 Å². The molecule has 2 rings (SSSR count). The number of carbonyl (C=O) groups excluding carboxylic acids is 2. The molecule has 2 fully saturated rings. The van der Waals surface area contributed by atoms with Gasteiger partial charge in [-0.05, 0) is 26.2 Å². The van der Waals surface area contributed by atoms with Crippen molar-refractivity contribution in [2.75, 3.05) is 6.54 Å². The van der Waals surface area contributed by atoms with Crippen molar-refractivity contribution in [1.82, 2.24) is 10.2 Å². The fourth-order valence-electron chi connectivity index (χ4n) is 2.41. The van der Waals surface area contributed by atoms with Crippen LogP contribution in [0, 0.1) is 5.92 Å². The summed E-state index contributed by atoms with van der Waals surface area (Å²) in [6.07, 6.45) is 4.11. The summed E-state index contributed by atoms with van der Waals surface area (Å²) >= 11 is 0. The molecule has 1 N–H and O–H groups in total. The highest BCUT2D eigenvalue weighted by molar-refractivity contribution is 6.05. The summed E-state index contributed by atoms with van der Waals surface area (Å²) in [5.41, 5.74) is 0. The van der Waals surface area contributed by atoms with E-state index in [-0.39, 0.29) is 17.9 Å². The quantitative estimate of drug-likeness (QED) is 0.706. The number of likely N-dealkylation sites (N-methyl/N-ethyl adjacent to an activating group) is 1. The third-order valence-corrected chi connectivity index (χ3v) is 3.43. The Morgan fingerprint density at radius 2 is 2.12 bits per heavy atom. The lowest BCUT2D eigenvalue weighted by atomic mass is 10.1. The summed E-state index contributed by atoms with van der Waals surface area (Å²) in [6, 6.07) is 0.0623. The number of amides is 2. The Morgan fingerprint density at radius 3 is 2.62 bits per heavy atom. The Balaban J connectivity index is 1.85. The molecule has 2 aliphatic rings. The first-order chi connectivity index (χ1) is 7.61. The minimum Gasteiger partial charge on any atom is -0.303 e. The highest BCUT2D eigenvalue weighted by Gasteiger charge is 2.38. The van der Waals surface area contributed by atoms with Crippen LogP contribution < -0.4 is 5.32 Å². The van der Waals surface area contributed by atoms with Crippen LogP contribution in [0.15, 0.2) is 0 Å². The molecule has 4 heteroatoms. The Hall–Kier alpha value is -0.900. The smallest absolute Gasteiger partial charge is 0.246 e. The van der Waals surface area contributed by atoms with Crippen LogP contribution in [0.1, 0.15) is 39.5 Å². The minimum atomic E-state index is -0.277. The number of nitrogens with zero attached hydrogens (tertiary/aromatic N) is 1. The van der Waals surface area contributed by atoms with Crippen molar-refractivity contribution in [3.05, 3.63) is 0 Å². The monoisotopic (exact) mass is 224 g/mol. The van der Waals surface area contributed by atoms with E-state index in [0.717, 1.165) is 12.3 Å². The Morgan fingerprint density at radius 1 is 1.44 bits per heavy atom. The average molecular weight is 224 g/mol. The third-order valence-electron chi connectivity index (χ3n) is 3.43. The Kier molecular flexibility index (Phi) is 3.28. The number of likely N-dealkylation sites (tertiary alicyclic amines) is 1. The second kappa shape index (κ2) is 4.53. The van der Waals surface area contributed by atoms with E-state index in [9.17, 15) is 9.59 Å². The van der Waals surface area contributed by atoms with Gasteiger partial charge in [-0.3, -0.25) is 14.5 Å². The zero-order valence-corrected chi connectivity index (χ0v) is 10.0. The predicted molar refractivity (Wildman–Crippen MR) is 60.7 cm³/mol. The van der Waals surface area contributed by atoms with E-state index in [1.54, 1.807) is 0 Å². The van der Waals surface area contributed by atoms with Crippen molar-refractivity contribution in [1.29, 1.82) is 0 Å². The van der Waals surface area contributed by atoms with Gasteiger partial charge in [0.15, 0.2) is 0 Å². The molecule has 1 heterocycles. The molecule has 1 saturated heterocycles. The first kappa shape index (κ1) is 11.6. The molecule has 16 heavy (non-hydrogen) atoms. The van der Waals surface area contributed by atoms with Crippen molar-refractivity contribution in [2.24, 2.45) is 5.92 Å². The standard InChI is InChI=1S/C12H20N2O2/c1-3-14-11(15)7-10(12(14)16)13-8(2)6-9-4-5-9/h8-10,13H,3-7H2,1-2H3. The first-order valence-corrected chi connectivity index (χ1v) is 6.22. The first-order valence-electron chi connectivity index (χ1n) is 6.22. The van der Waals surface area contributed by atoms with Crippen LogP contribution in [-0.4, -0.2) is 35.3 Å². The van der Waals surface area contributed by atoms with Gasteiger partial charge in [-0.2, -0.15) is 0 Å². The molecular formula is C12H20N2O2. The highest BCUT2D eigenvalue weighted by atomic mass is 16.2. The van der Waals surface area contributed by atoms with Gasteiger partial charge in [0.2, 0.25) is 11.8 Å². The molecule has 1 aliphatic carbocycles. The number of carbonyl (C=O) groups is 2. The summed E-state index contributed by atoms with van der Waals surface area (Å²) < 4.78 is 0. The van der Waals surface area contributed by atoms with Gasteiger partial charge in [0.25, 0.3) is 0 Å². The van der Waals surface area contributed by atoms with Gasteiger partial charge in [-0.1, -0.05) is 12.8 Å². The molecule has 0 aromatic heterocycles. The van der Waals surface area contributed by atoms with Crippen molar-refractivity contribution >= 4 is 11.8 Å². The fraction of sp³-hybridized carbons (Fsp3) is 0.833. The Bertz CT molecular complexity index is 299. The van der Waals surface area contributed by atoms with E-state index in [4.69, 9.17) is 0 Å². The number of hydrogen-bond donors (Lipinski definition) is 1. The molecule has 0 spiro atoms. The second-order valence-corrected chi connectivity index (χ2v) is 4.98. The summed E-state index contributed by atoms with van der Waals surface area (Å²) in [7, 11) is 0. The van der Waals surface area contributed by atoms with Crippen LogP contribution >= 0.6 is 0 Å². The van der Waals surface area contributed by atoms with Crippen LogP contribution in [0.3, 0.4) is 0 Å². The van der Waals surface area contributed by atoms with Crippen LogP contribution in [0.5, 0.6) is 0 Å². The summed E-state index contributed by atoms with van der Waals surface area (Å²) in [5, 5.41) is 3.28. The SMILES string of the molecule is CCN1C(=O)CC(NC(C)CC2CC2)C1=O. The molecule has 1 aliphatic heterocycles. The summed E-state index contributed by atoms with van der Waals surface area (Å²) in [5.74, 6) is 0.760. The lowest BCUT2D eigenvalue weighted by molar-refractivity contribution is -0.138. The number of imide groups is 1. The highest BCUT2D eigenvalue weighted by Crippen LogP contribution is 2.33. The molecular weight excluding hydrogens is 204 g/mol. The minimum absolute atomic E-state index is 0.0383. The van der Waals surface area contributed by atoms with E-state index in [1.165, 1.54) is 17.7 Å². The van der Waals surface area contributed by atoms with E-state index < -0.39 is 0 Å². The molecule has 90 valence electrons. The van der Waals surface area contributed by atoms with Gasteiger partial charge in [0.1, 0.15) is 0 Å². The molecule has 1 saturated carbocycles. The average Bonchev–Trinajstić information content (AvgIpc) is 2.96. The lowest BCUT2D eigenvalue weighted by Crippen LogP contribution is -2.42. The van der Waals surface area contributed by atoms with Crippen LogP contribution in [-0.2, 0) is 9.59 Å².